The summed E-state index contributed by atoms with van der Waals surface area (Å²) < 4.78 is 69.8. The van der Waals surface area contributed by atoms with Gasteiger partial charge in [0.05, 0.1) is 12.2 Å². The second-order valence-electron chi connectivity index (χ2n) is 6.37. The van der Waals surface area contributed by atoms with Crippen molar-refractivity contribution in [2.45, 2.75) is 26.4 Å². The van der Waals surface area contributed by atoms with E-state index < -0.39 is 28.4 Å². The number of anilines is 1. The van der Waals surface area contributed by atoms with Gasteiger partial charge in [0.25, 0.3) is 0 Å². The van der Waals surface area contributed by atoms with Crippen LogP contribution in [0.25, 0.3) is 5.82 Å². The molecule has 0 aliphatic carbocycles. The van der Waals surface area contributed by atoms with Crippen LogP contribution in [0.1, 0.15) is 18.1 Å². The molecule has 0 atom stereocenters. The Morgan fingerprint density at radius 2 is 1.83 bits per heavy atom. The van der Waals surface area contributed by atoms with Crippen LogP contribution < -0.4 is 9.46 Å². The van der Waals surface area contributed by atoms with Gasteiger partial charge in [-0.15, -0.1) is 0 Å². The Balaban J connectivity index is 1.70. The van der Waals surface area contributed by atoms with Crippen molar-refractivity contribution < 1.29 is 26.3 Å². The van der Waals surface area contributed by atoms with Gasteiger partial charge in [0, 0.05) is 24.1 Å². The largest absolute Gasteiger partial charge is 0.439 e. The number of aromatic nitrogens is 4. The first-order valence-electron chi connectivity index (χ1n) is 8.72. The maximum absolute atomic E-state index is 12.2. The molecule has 8 nitrogen and oxygen atoms in total. The van der Waals surface area contributed by atoms with Crippen molar-refractivity contribution in [3.8, 4) is 17.4 Å². The molecule has 0 aliphatic rings. The maximum Gasteiger partial charge on any atom is 0.390 e. The van der Waals surface area contributed by atoms with E-state index in [4.69, 9.17) is 4.74 Å². The van der Waals surface area contributed by atoms with E-state index in [0.717, 1.165) is 5.82 Å². The van der Waals surface area contributed by atoms with E-state index in [2.05, 4.69) is 19.7 Å². The number of alkyl halides is 3. The molecule has 0 saturated carbocycles. The van der Waals surface area contributed by atoms with E-state index in [1.54, 1.807) is 30.0 Å². The summed E-state index contributed by atoms with van der Waals surface area (Å²) in [5.41, 5.74) is 0.123. The lowest BCUT2D eigenvalue weighted by molar-refractivity contribution is -0.129. The van der Waals surface area contributed by atoms with Crippen LogP contribution in [0.3, 0.4) is 0 Å². The number of ether oxygens (including phenoxy) is 1. The van der Waals surface area contributed by atoms with Gasteiger partial charge < -0.3 is 4.74 Å². The highest BCUT2D eigenvalue weighted by atomic mass is 32.2. The molecule has 2 aromatic heterocycles. The minimum Gasteiger partial charge on any atom is -0.439 e. The summed E-state index contributed by atoms with van der Waals surface area (Å²) in [5, 5.41) is 0. The highest BCUT2D eigenvalue weighted by Gasteiger charge is 2.29. The number of benzene rings is 1. The van der Waals surface area contributed by atoms with E-state index in [-0.39, 0.29) is 11.6 Å². The second kappa shape index (κ2) is 8.30. The molecule has 0 saturated heterocycles. The lowest BCUT2D eigenvalue weighted by Crippen LogP contribution is -2.21. The van der Waals surface area contributed by atoms with Gasteiger partial charge in [-0.3, -0.25) is 9.29 Å². The number of nitrogens with one attached hydrogen (secondary N) is 1. The first kappa shape index (κ1) is 21.6. The summed E-state index contributed by atoms with van der Waals surface area (Å²) in [7, 11) is -4.12. The van der Waals surface area contributed by atoms with Crippen LogP contribution >= 0.6 is 0 Å². The predicted octanol–water partition coefficient (Wildman–Crippen LogP) is 3.77. The van der Waals surface area contributed by atoms with Crippen molar-refractivity contribution >= 4 is 15.7 Å². The Kier molecular flexibility index (Phi) is 5.97. The van der Waals surface area contributed by atoms with E-state index in [0.29, 0.717) is 17.4 Å². The highest BCUT2D eigenvalue weighted by Crippen LogP contribution is 2.25. The van der Waals surface area contributed by atoms with Crippen LogP contribution in [0.5, 0.6) is 11.6 Å². The number of nitrogens with zero attached hydrogens (tertiary/aromatic N) is 4. The SMILES string of the molecule is Cc1nc(Oc2ccc(NS(=O)(=O)CCC(F)(F)F)cc2)cc(-n2ccnc2C)n1. The summed E-state index contributed by atoms with van der Waals surface area (Å²) in [6, 6.07) is 7.34. The molecule has 3 rings (SSSR count). The first-order valence-corrected chi connectivity index (χ1v) is 10.4. The molecule has 160 valence electrons. The van der Waals surface area contributed by atoms with Gasteiger partial charge in [-0.25, -0.2) is 18.4 Å². The van der Waals surface area contributed by atoms with Crippen molar-refractivity contribution in [1.29, 1.82) is 0 Å². The quantitative estimate of drug-likeness (QED) is 0.599. The normalized spacial score (nSPS) is 12.0. The molecule has 3 aromatic rings. The van der Waals surface area contributed by atoms with E-state index in [1.807, 2.05) is 6.92 Å². The second-order valence-corrected chi connectivity index (χ2v) is 8.21. The Morgan fingerprint density at radius 3 is 2.43 bits per heavy atom. The molecule has 30 heavy (non-hydrogen) atoms. The van der Waals surface area contributed by atoms with Crippen molar-refractivity contribution in [2.75, 3.05) is 10.5 Å². The molecular weight excluding hydrogens is 423 g/mol. The van der Waals surface area contributed by atoms with Gasteiger partial charge in [0.15, 0.2) is 0 Å². The third-order valence-corrected chi connectivity index (χ3v) is 5.17. The summed E-state index contributed by atoms with van der Waals surface area (Å²) >= 11 is 0. The number of halogens is 3. The van der Waals surface area contributed by atoms with Crippen LogP contribution in [0.2, 0.25) is 0 Å². The molecule has 0 fully saturated rings. The number of hydrogen-bond acceptors (Lipinski definition) is 6. The number of hydrogen-bond donors (Lipinski definition) is 1. The number of rotatable bonds is 7. The average molecular weight is 441 g/mol. The average Bonchev–Trinajstić information content (AvgIpc) is 3.07. The molecule has 12 heteroatoms. The van der Waals surface area contributed by atoms with Crippen LogP contribution in [-0.4, -0.2) is 39.9 Å². The number of sulfonamides is 1. The lowest BCUT2D eigenvalue weighted by atomic mass is 10.3. The van der Waals surface area contributed by atoms with Crippen molar-refractivity contribution in [2.24, 2.45) is 0 Å². The zero-order valence-electron chi connectivity index (χ0n) is 16.0. The molecule has 2 heterocycles. The van der Waals surface area contributed by atoms with Crippen LogP contribution in [0.15, 0.2) is 42.7 Å². The molecule has 0 amide bonds. The third-order valence-electron chi connectivity index (χ3n) is 3.88. The molecule has 1 N–H and O–H groups in total. The monoisotopic (exact) mass is 441 g/mol. The Hall–Kier alpha value is -3.15. The van der Waals surface area contributed by atoms with Crippen molar-refractivity contribution in [3.63, 3.8) is 0 Å². The van der Waals surface area contributed by atoms with E-state index >= 15 is 0 Å². The Morgan fingerprint density at radius 1 is 1.13 bits per heavy atom. The van der Waals surface area contributed by atoms with Gasteiger partial charge in [-0.05, 0) is 38.1 Å². The highest BCUT2D eigenvalue weighted by molar-refractivity contribution is 7.92. The van der Waals surface area contributed by atoms with Crippen LogP contribution in [-0.2, 0) is 10.0 Å². The van der Waals surface area contributed by atoms with Crippen molar-refractivity contribution in [1.82, 2.24) is 19.5 Å². The maximum atomic E-state index is 12.2. The van der Waals surface area contributed by atoms with Gasteiger partial charge in [0.1, 0.15) is 23.2 Å². The molecule has 0 unspecified atom stereocenters. The first-order chi connectivity index (χ1) is 14.0. The standard InChI is InChI=1S/C18H18F3N5O3S/c1-12-23-16(26-9-8-22-13(26)2)11-17(24-12)29-15-5-3-14(4-6-15)25-30(27,28)10-7-18(19,20)21/h3-6,8-9,11,25H,7,10H2,1-2H3. The zero-order chi connectivity index (χ0) is 21.9. The van der Waals surface area contributed by atoms with E-state index in [9.17, 15) is 21.6 Å². The molecule has 0 bridgehead atoms. The van der Waals surface area contributed by atoms with Gasteiger partial charge >= 0.3 is 6.18 Å². The number of aryl methyl sites for hydroxylation is 2. The molecule has 1 aromatic carbocycles. The smallest absolute Gasteiger partial charge is 0.390 e. The van der Waals surface area contributed by atoms with Crippen LogP contribution in [0.4, 0.5) is 18.9 Å². The zero-order valence-corrected chi connectivity index (χ0v) is 16.8. The topological polar surface area (TPSA) is 99.0 Å². The van der Waals surface area contributed by atoms with Gasteiger partial charge in [0.2, 0.25) is 15.9 Å². The van der Waals surface area contributed by atoms with Gasteiger partial charge in [-0.2, -0.15) is 18.2 Å². The van der Waals surface area contributed by atoms with Gasteiger partial charge in [-0.1, -0.05) is 0 Å². The fourth-order valence-electron chi connectivity index (χ4n) is 2.51. The fraction of sp³-hybridized carbons (Fsp3) is 0.278. The summed E-state index contributed by atoms with van der Waals surface area (Å²) in [6.45, 7) is 3.54. The summed E-state index contributed by atoms with van der Waals surface area (Å²) in [5.74, 6) is 1.36. The fourth-order valence-corrected chi connectivity index (χ4v) is 3.61. The molecular formula is C18H18F3N5O3S. The van der Waals surface area contributed by atoms with E-state index in [1.165, 1.54) is 24.3 Å². The van der Waals surface area contributed by atoms with Crippen LogP contribution in [0, 0.1) is 13.8 Å². The molecule has 0 aliphatic heterocycles. The molecule has 0 radical (unpaired) electrons. The molecule has 0 spiro atoms. The number of imidazole rings is 1. The summed E-state index contributed by atoms with van der Waals surface area (Å²) in [6.07, 6.45) is -2.58. The Labute approximate surface area is 170 Å². The Bertz CT molecular complexity index is 1130. The predicted molar refractivity (Wildman–Crippen MR) is 103 cm³/mol. The minimum atomic E-state index is -4.55. The van der Waals surface area contributed by atoms with Crippen molar-refractivity contribution in [3.05, 3.63) is 54.4 Å². The lowest BCUT2D eigenvalue weighted by Gasteiger charge is -2.11. The third kappa shape index (κ3) is 5.92. The summed E-state index contributed by atoms with van der Waals surface area (Å²) in [4.78, 5) is 12.7. The minimum absolute atomic E-state index is 0.123.